The van der Waals surface area contributed by atoms with E-state index in [0.717, 1.165) is 6.54 Å². The van der Waals surface area contributed by atoms with E-state index in [1.54, 1.807) is 0 Å². The molecule has 1 aromatic heterocycles. The Bertz CT molecular complexity index is 546. The van der Waals surface area contributed by atoms with Crippen LogP contribution in [-0.4, -0.2) is 0 Å². The summed E-state index contributed by atoms with van der Waals surface area (Å²) in [6, 6.07) is 11.0. The van der Waals surface area contributed by atoms with Crippen LogP contribution in [0.3, 0.4) is 0 Å². The summed E-state index contributed by atoms with van der Waals surface area (Å²) in [4.78, 5) is 0. The van der Waals surface area contributed by atoms with Crippen molar-refractivity contribution in [1.82, 2.24) is 0 Å². The van der Waals surface area contributed by atoms with E-state index in [0.29, 0.717) is 0 Å². The van der Waals surface area contributed by atoms with Crippen molar-refractivity contribution in [1.29, 1.82) is 0 Å². The Balaban J connectivity index is 0.000000963. The molecule has 0 saturated carbocycles. The Morgan fingerprint density at radius 2 is 1.81 bits per heavy atom. The van der Waals surface area contributed by atoms with Gasteiger partial charge < -0.3 is 0 Å². The minimum absolute atomic E-state index is 0. The van der Waals surface area contributed by atoms with Gasteiger partial charge in [-0.25, -0.2) is 0 Å². The summed E-state index contributed by atoms with van der Waals surface area (Å²) in [7, 11) is 0. The summed E-state index contributed by atoms with van der Waals surface area (Å²) in [5, 5.41) is 0. The van der Waals surface area contributed by atoms with Crippen LogP contribution in [0.5, 0.6) is 0 Å². The van der Waals surface area contributed by atoms with Crippen molar-refractivity contribution in [2.45, 2.75) is 20.4 Å². The molecule has 16 heavy (non-hydrogen) atoms. The fraction of sp³-hybridized carbons (Fsp3) is 0.214. The van der Waals surface area contributed by atoms with Crippen molar-refractivity contribution in [3.8, 4) is 11.3 Å². The summed E-state index contributed by atoms with van der Waals surface area (Å²) in [6.07, 6.45) is 2.25. The minimum Gasteiger partial charge on any atom is -0.194 e. The third-order valence-corrected chi connectivity index (χ3v) is 3.27. The molecule has 3 rings (SSSR count). The van der Waals surface area contributed by atoms with Gasteiger partial charge in [0.25, 0.3) is 0 Å². The van der Waals surface area contributed by atoms with Crippen LogP contribution in [0.2, 0.25) is 0 Å². The molecule has 2 aromatic rings. The molecule has 1 nitrogen and oxygen atoms in total. The average molecular weight is 285 g/mol. The molecule has 0 unspecified atom stereocenters. The van der Waals surface area contributed by atoms with Crippen molar-refractivity contribution in [3.05, 3.63) is 53.2 Å². The van der Waals surface area contributed by atoms with Gasteiger partial charge in [0, 0.05) is 49.9 Å². The zero-order chi connectivity index (χ0) is 10.4. The first-order valence-electron chi connectivity index (χ1n) is 5.34. The van der Waals surface area contributed by atoms with E-state index in [-0.39, 0.29) is 32.7 Å². The Kier molecular flexibility index (Phi) is 3.28. The molecule has 1 aromatic carbocycles. The molecule has 0 bridgehead atoms. The Morgan fingerprint density at radius 1 is 1.06 bits per heavy atom. The van der Waals surface area contributed by atoms with Gasteiger partial charge in [-0.2, -0.15) is 4.57 Å². The van der Waals surface area contributed by atoms with Gasteiger partial charge in [0.2, 0.25) is 5.69 Å². The van der Waals surface area contributed by atoms with Crippen molar-refractivity contribution in [2.75, 3.05) is 0 Å². The first kappa shape index (κ1) is 11.9. The second-order valence-electron chi connectivity index (χ2n) is 4.31. The molecule has 0 saturated heterocycles. The fourth-order valence-electron chi connectivity index (χ4n) is 2.26. The van der Waals surface area contributed by atoms with Crippen LogP contribution < -0.4 is 4.57 Å². The first-order valence-corrected chi connectivity index (χ1v) is 5.34. The van der Waals surface area contributed by atoms with Crippen molar-refractivity contribution >= 4 is 0 Å². The number of nitrogens with zero attached hydrogens (tertiary/aromatic N) is 1. The van der Waals surface area contributed by atoms with Crippen molar-refractivity contribution in [2.24, 2.45) is 0 Å². The van der Waals surface area contributed by atoms with Gasteiger partial charge in [-0.1, -0.05) is 18.2 Å². The molecule has 0 amide bonds. The Hall–Kier alpha value is -0.526. The van der Waals surface area contributed by atoms with Crippen LogP contribution in [0.4, 0.5) is 0 Å². The smallest absolute Gasteiger partial charge is 0.194 e. The number of rotatable bonds is 0. The van der Waals surface area contributed by atoms with Crippen LogP contribution in [0.25, 0.3) is 11.3 Å². The van der Waals surface area contributed by atoms with E-state index >= 15 is 0 Å². The summed E-state index contributed by atoms with van der Waals surface area (Å²) >= 11 is 0. The van der Waals surface area contributed by atoms with Crippen LogP contribution in [-0.2, 0) is 39.3 Å². The summed E-state index contributed by atoms with van der Waals surface area (Å²) < 4.78 is 2.34. The van der Waals surface area contributed by atoms with Gasteiger partial charge >= 0.3 is 0 Å². The standard InChI is InChI=1S/C14H14N.Y/c1-10-7-14-13-6-4-3-5-12(13)9-15(14)8-11(10)2;/h3-8H,9H2,1-2H3;/q+1;. The van der Waals surface area contributed by atoms with Crippen LogP contribution >= 0.6 is 0 Å². The van der Waals surface area contributed by atoms with Gasteiger partial charge in [-0.3, -0.25) is 0 Å². The van der Waals surface area contributed by atoms with E-state index < -0.39 is 0 Å². The van der Waals surface area contributed by atoms with Gasteiger partial charge in [0.1, 0.15) is 0 Å². The summed E-state index contributed by atoms with van der Waals surface area (Å²) in [5.41, 5.74) is 6.92. The van der Waals surface area contributed by atoms with Gasteiger partial charge in [-0.15, -0.1) is 0 Å². The van der Waals surface area contributed by atoms with Crippen LogP contribution in [0.1, 0.15) is 16.7 Å². The molecule has 0 spiro atoms. The predicted molar refractivity (Wildman–Crippen MR) is 60.6 cm³/mol. The number of benzene rings is 1. The number of aryl methyl sites for hydroxylation is 2. The number of aromatic nitrogens is 1. The second-order valence-corrected chi connectivity index (χ2v) is 4.31. The van der Waals surface area contributed by atoms with E-state index in [4.69, 9.17) is 0 Å². The van der Waals surface area contributed by atoms with Crippen LogP contribution in [0.15, 0.2) is 36.5 Å². The molecule has 77 valence electrons. The molecule has 0 N–H and O–H groups in total. The molecule has 2 heteroatoms. The Morgan fingerprint density at radius 3 is 2.62 bits per heavy atom. The third kappa shape index (κ3) is 1.76. The van der Waals surface area contributed by atoms with E-state index in [9.17, 15) is 0 Å². The maximum Gasteiger partial charge on any atom is 0.213 e. The monoisotopic (exact) mass is 285 g/mol. The third-order valence-electron chi connectivity index (χ3n) is 3.27. The van der Waals surface area contributed by atoms with E-state index in [1.807, 2.05) is 0 Å². The Labute approximate surface area is 121 Å². The van der Waals surface area contributed by atoms with Crippen molar-refractivity contribution < 1.29 is 37.3 Å². The SMILES string of the molecule is Cc1cc2[n+](cc1C)Cc1ccccc1-2.[Y]. The zero-order valence-electron chi connectivity index (χ0n) is 9.70. The molecule has 0 fully saturated rings. The topological polar surface area (TPSA) is 3.88 Å². The second kappa shape index (κ2) is 4.39. The van der Waals surface area contributed by atoms with Gasteiger partial charge in [0.05, 0.1) is 5.56 Å². The van der Waals surface area contributed by atoms with E-state index in [2.05, 4.69) is 54.9 Å². The van der Waals surface area contributed by atoms with Crippen LogP contribution in [0, 0.1) is 13.8 Å². The van der Waals surface area contributed by atoms with Gasteiger partial charge in [0.15, 0.2) is 12.7 Å². The quantitative estimate of drug-likeness (QED) is 0.559. The minimum atomic E-state index is 0. The molecule has 1 aliphatic rings. The van der Waals surface area contributed by atoms with E-state index in [1.165, 1.54) is 27.9 Å². The molecular formula is C14H14NY+. The summed E-state index contributed by atoms with van der Waals surface area (Å²) in [6.45, 7) is 5.37. The number of hydrogen-bond donors (Lipinski definition) is 0. The maximum absolute atomic E-state index is 2.34. The number of fused-ring (bicyclic) bond motifs is 3. The number of pyridine rings is 1. The predicted octanol–water partition coefficient (Wildman–Crippen LogP) is 2.62. The molecule has 0 atom stereocenters. The molecule has 2 heterocycles. The molecule has 1 aliphatic heterocycles. The molecular weight excluding hydrogens is 271 g/mol. The zero-order valence-corrected chi connectivity index (χ0v) is 12.5. The molecule has 0 aliphatic carbocycles. The largest absolute Gasteiger partial charge is 0.213 e. The maximum atomic E-state index is 2.34. The first-order chi connectivity index (χ1) is 7.25. The van der Waals surface area contributed by atoms with Crippen molar-refractivity contribution in [3.63, 3.8) is 0 Å². The average Bonchev–Trinajstić information content (AvgIpc) is 2.57. The molecule has 1 radical (unpaired) electrons. The van der Waals surface area contributed by atoms with Gasteiger partial charge in [-0.05, 0) is 25.5 Å². The summed E-state index contributed by atoms with van der Waals surface area (Å²) in [5.74, 6) is 0. The fourth-order valence-corrected chi connectivity index (χ4v) is 2.26. The number of hydrogen-bond acceptors (Lipinski definition) is 0. The normalized spacial score (nSPS) is 11.6.